The molecule has 0 aliphatic carbocycles. The van der Waals surface area contributed by atoms with Crippen molar-refractivity contribution in [2.24, 2.45) is 0 Å². The highest BCUT2D eigenvalue weighted by Gasteiger charge is 2.03. The monoisotopic (exact) mass is 441 g/mol. The van der Waals surface area contributed by atoms with Crippen molar-refractivity contribution < 1.29 is 9.90 Å². The van der Waals surface area contributed by atoms with Gasteiger partial charge < -0.3 is 20.6 Å². The Morgan fingerprint density at radius 2 is 1.23 bits per heavy atom. The molecule has 0 fully saturated rings. The Morgan fingerprint density at radius 1 is 0.645 bits per heavy atom. The zero-order valence-electron chi connectivity index (χ0n) is 21.1. The second-order valence-corrected chi connectivity index (χ2v) is 9.01. The highest BCUT2D eigenvalue weighted by Crippen LogP contribution is 2.12. The van der Waals surface area contributed by atoms with Crippen LogP contribution in [0.2, 0.25) is 0 Å². The quantitative estimate of drug-likeness (QED) is 0.169. The Morgan fingerprint density at radius 3 is 1.77 bits per heavy atom. The number of nitrogens with one attached hydrogen (secondary N) is 2. The van der Waals surface area contributed by atoms with Crippen LogP contribution in [0.5, 0.6) is 0 Å². The number of nitrogens with zero attached hydrogens (tertiary/aromatic N) is 1. The molecule has 0 heterocycles. The predicted molar refractivity (Wildman–Crippen MR) is 135 cm³/mol. The number of carbonyl (C=O) groups excluding carboxylic acids is 1. The van der Waals surface area contributed by atoms with Gasteiger partial charge in [-0.15, -0.1) is 0 Å². The van der Waals surface area contributed by atoms with E-state index in [2.05, 4.69) is 29.4 Å². The molecule has 0 atom stereocenters. The third kappa shape index (κ3) is 23.8. The van der Waals surface area contributed by atoms with Gasteiger partial charge in [0.25, 0.3) is 0 Å². The summed E-state index contributed by atoms with van der Waals surface area (Å²) in [5.74, 6) is 0.166. The smallest absolute Gasteiger partial charge is 0.221 e. The van der Waals surface area contributed by atoms with E-state index in [-0.39, 0.29) is 12.5 Å². The number of carbonyl (C=O) groups is 1. The van der Waals surface area contributed by atoms with Gasteiger partial charge >= 0.3 is 0 Å². The molecule has 0 radical (unpaired) electrons. The molecule has 0 saturated carbocycles. The molecule has 1 amide bonds. The van der Waals surface area contributed by atoms with Gasteiger partial charge in [0.05, 0.1) is 6.61 Å². The Hall–Kier alpha value is -0.650. The highest BCUT2D eigenvalue weighted by molar-refractivity contribution is 5.75. The molecule has 0 aromatic rings. The molecule has 31 heavy (non-hydrogen) atoms. The minimum atomic E-state index is 0.166. The first-order valence-electron chi connectivity index (χ1n) is 13.5. The van der Waals surface area contributed by atoms with Crippen molar-refractivity contribution in [2.75, 3.05) is 45.9 Å². The first-order chi connectivity index (χ1) is 15.2. The van der Waals surface area contributed by atoms with Crippen LogP contribution in [0.1, 0.15) is 117 Å². The van der Waals surface area contributed by atoms with Crippen molar-refractivity contribution in [3.63, 3.8) is 0 Å². The maximum Gasteiger partial charge on any atom is 0.221 e. The van der Waals surface area contributed by atoms with Gasteiger partial charge in [0.1, 0.15) is 0 Å². The molecule has 5 heteroatoms. The molecule has 186 valence electrons. The summed E-state index contributed by atoms with van der Waals surface area (Å²) in [7, 11) is 0. The van der Waals surface area contributed by atoms with Crippen LogP contribution in [0.4, 0.5) is 0 Å². The molecule has 0 aromatic heterocycles. The van der Waals surface area contributed by atoms with E-state index >= 15 is 0 Å². The molecule has 5 nitrogen and oxygen atoms in total. The lowest BCUT2D eigenvalue weighted by atomic mass is 10.0. The van der Waals surface area contributed by atoms with Gasteiger partial charge in [-0.1, -0.05) is 90.9 Å². The predicted octanol–water partition coefficient (Wildman–Crippen LogP) is 5.27. The van der Waals surface area contributed by atoms with E-state index in [9.17, 15) is 4.79 Å². The van der Waals surface area contributed by atoms with Crippen molar-refractivity contribution in [1.29, 1.82) is 0 Å². The molecule has 0 rings (SSSR count). The lowest BCUT2D eigenvalue weighted by Crippen LogP contribution is -2.32. The van der Waals surface area contributed by atoms with Gasteiger partial charge in [-0.25, -0.2) is 0 Å². The van der Waals surface area contributed by atoms with Crippen LogP contribution in [-0.4, -0.2) is 61.8 Å². The Kier molecular flexibility index (Phi) is 25.1. The molecule has 0 unspecified atom stereocenters. The average molecular weight is 442 g/mol. The van der Waals surface area contributed by atoms with Gasteiger partial charge in [-0.05, 0) is 38.9 Å². The first-order valence-corrected chi connectivity index (χ1v) is 13.5. The number of hydrogen-bond acceptors (Lipinski definition) is 4. The third-order valence-electron chi connectivity index (χ3n) is 5.92. The van der Waals surface area contributed by atoms with Gasteiger partial charge in [0, 0.05) is 26.1 Å². The molecule has 0 bridgehead atoms. The van der Waals surface area contributed by atoms with Crippen LogP contribution in [0.15, 0.2) is 0 Å². The average Bonchev–Trinajstić information content (AvgIpc) is 2.76. The summed E-state index contributed by atoms with van der Waals surface area (Å²) in [5, 5.41) is 15.5. The number of unbranched alkanes of at least 4 members (excludes halogenated alkanes) is 12. The molecule has 0 aliphatic heterocycles. The molecule has 3 N–H and O–H groups in total. The second kappa shape index (κ2) is 25.6. The zero-order valence-corrected chi connectivity index (χ0v) is 21.1. The summed E-state index contributed by atoms with van der Waals surface area (Å²) in [6, 6.07) is 0. The summed E-state index contributed by atoms with van der Waals surface area (Å²) in [6.07, 6.45) is 20.4. The van der Waals surface area contributed by atoms with Crippen molar-refractivity contribution in [3.8, 4) is 0 Å². The van der Waals surface area contributed by atoms with Crippen molar-refractivity contribution in [2.45, 2.75) is 117 Å². The van der Waals surface area contributed by atoms with Crippen LogP contribution < -0.4 is 10.6 Å². The molecule has 0 aromatic carbocycles. The molecule has 0 aliphatic rings. The maximum atomic E-state index is 11.9. The SMILES string of the molecule is CCCCCCCCCCCCCCCNC(=O)CCNCCCN(CCC)CCO. The van der Waals surface area contributed by atoms with Gasteiger partial charge in [0.2, 0.25) is 5.91 Å². The lowest BCUT2D eigenvalue weighted by Gasteiger charge is -2.20. The van der Waals surface area contributed by atoms with Crippen LogP contribution in [0, 0.1) is 0 Å². The Balaban J connectivity index is 3.28. The number of hydrogen-bond donors (Lipinski definition) is 3. The van der Waals surface area contributed by atoms with Gasteiger partial charge in [-0.2, -0.15) is 0 Å². The van der Waals surface area contributed by atoms with E-state index < -0.39 is 0 Å². The van der Waals surface area contributed by atoms with E-state index in [0.29, 0.717) is 6.42 Å². The minimum Gasteiger partial charge on any atom is -0.395 e. The van der Waals surface area contributed by atoms with E-state index in [1.807, 2.05) is 0 Å². The van der Waals surface area contributed by atoms with E-state index in [0.717, 1.165) is 58.5 Å². The van der Waals surface area contributed by atoms with Crippen LogP contribution in [0.3, 0.4) is 0 Å². The maximum absolute atomic E-state index is 11.9. The summed E-state index contributed by atoms with van der Waals surface area (Å²) in [4.78, 5) is 14.2. The number of aliphatic hydroxyl groups is 1. The van der Waals surface area contributed by atoms with Gasteiger partial charge in [-0.3, -0.25) is 4.79 Å². The zero-order chi connectivity index (χ0) is 22.8. The fourth-order valence-electron chi connectivity index (χ4n) is 4.01. The molecular formula is C26H55N3O2. The van der Waals surface area contributed by atoms with Crippen LogP contribution in [0.25, 0.3) is 0 Å². The number of amides is 1. The van der Waals surface area contributed by atoms with Crippen molar-refractivity contribution in [3.05, 3.63) is 0 Å². The normalized spacial score (nSPS) is 11.4. The summed E-state index contributed by atoms with van der Waals surface area (Å²) >= 11 is 0. The topological polar surface area (TPSA) is 64.6 Å². The summed E-state index contributed by atoms with van der Waals surface area (Å²) < 4.78 is 0. The second-order valence-electron chi connectivity index (χ2n) is 9.01. The molecule has 0 spiro atoms. The van der Waals surface area contributed by atoms with Crippen molar-refractivity contribution in [1.82, 2.24) is 15.5 Å². The van der Waals surface area contributed by atoms with Crippen LogP contribution in [-0.2, 0) is 4.79 Å². The summed E-state index contributed by atoms with van der Waals surface area (Å²) in [6.45, 7) is 9.98. The van der Waals surface area contributed by atoms with Crippen LogP contribution >= 0.6 is 0 Å². The fraction of sp³-hybridized carbons (Fsp3) is 0.962. The highest BCUT2D eigenvalue weighted by atomic mass is 16.3. The van der Waals surface area contributed by atoms with Gasteiger partial charge in [0.15, 0.2) is 0 Å². The molecule has 0 saturated heterocycles. The lowest BCUT2D eigenvalue weighted by molar-refractivity contribution is -0.121. The Bertz CT molecular complexity index is 361. The fourth-order valence-corrected chi connectivity index (χ4v) is 4.01. The number of aliphatic hydroxyl groups excluding tert-OH is 1. The van der Waals surface area contributed by atoms with E-state index in [1.54, 1.807) is 0 Å². The minimum absolute atomic E-state index is 0.166. The first kappa shape index (κ1) is 30.4. The standard InChI is InChI=1S/C26H55N3O2/c1-3-5-6-7-8-9-10-11-12-13-14-15-16-20-28-26(31)18-21-27-19-17-23-29(22-4-2)24-25-30/h27,30H,3-25H2,1-2H3,(H,28,31). The van der Waals surface area contributed by atoms with E-state index in [1.165, 1.54) is 77.0 Å². The Labute approximate surface area is 194 Å². The third-order valence-corrected chi connectivity index (χ3v) is 5.92. The largest absolute Gasteiger partial charge is 0.395 e. The van der Waals surface area contributed by atoms with E-state index in [4.69, 9.17) is 5.11 Å². The number of rotatable bonds is 25. The summed E-state index contributed by atoms with van der Waals surface area (Å²) in [5.41, 5.74) is 0. The van der Waals surface area contributed by atoms with Crippen molar-refractivity contribution >= 4 is 5.91 Å². The molecular weight excluding hydrogens is 386 g/mol.